The van der Waals surface area contributed by atoms with E-state index in [0.717, 1.165) is 6.07 Å². The second kappa shape index (κ2) is 10.4. The number of aryl methyl sites for hydroxylation is 2. The Morgan fingerprint density at radius 2 is 1.68 bits per heavy atom. The highest BCUT2D eigenvalue weighted by atomic mass is 35.5. The number of benzene rings is 3. The van der Waals surface area contributed by atoms with Crippen LogP contribution in [0.5, 0.6) is 17.2 Å². The summed E-state index contributed by atoms with van der Waals surface area (Å²) in [4.78, 5) is 25.2. The summed E-state index contributed by atoms with van der Waals surface area (Å²) < 4.78 is 57.4. The van der Waals surface area contributed by atoms with Crippen LogP contribution >= 0.6 is 23.2 Å². The number of ether oxygens (including phenoxy) is 2. The molecule has 1 N–H and O–H groups in total. The van der Waals surface area contributed by atoms with E-state index in [2.05, 4.69) is 5.32 Å². The Morgan fingerprint density at radius 3 is 2.32 bits per heavy atom. The highest BCUT2D eigenvalue weighted by Gasteiger charge is 2.40. The van der Waals surface area contributed by atoms with E-state index in [-0.39, 0.29) is 16.9 Å². The van der Waals surface area contributed by atoms with Crippen molar-refractivity contribution in [1.82, 2.24) is 0 Å². The van der Waals surface area contributed by atoms with Crippen LogP contribution in [0.2, 0.25) is 10.0 Å². The average Bonchev–Trinajstić information content (AvgIpc) is 2.83. The highest BCUT2D eigenvalue weighted by molar-refractivity contribution is 6.33. The van der Waals surface area contributed by atoms with Crippen molar-refractivity contribution in [3.05, 3.63) is 91.8 Å². The van der Waals surface area contributed by atoms with Gasteiger partial charge in [-0.05, 0) is 61.4 Å². The molecular formula is C26H18Cl2F3NO5. The number of carbonyl (C=O) groups excluding carboxylic acids is 1. The number of alkyl halides is 3. The molecule has 1 aromatic heterocycles. The predicted octanol–water partition coefficient (Wildman–Crippen LogP) is 7.55. The lowest BCUT2D eigenvalue weighted by Crippen LogP contribution is -2.20. The number of amides is 1. The molecule has 0 unspecified atom stereocenters. The van der Waals surface area contributed by atoms with Crippen LogP contribution in [0.1, 0.15) is 16.9 Å². The van der Waals surface area contributed by atoms with E-state index in [0.29, 0.717) is 26.9 Å². The number of rotatable bonds is 6. The van der Waals surface area contributed by atoms with Gasteiger partial charge in [-0.3, -0.25) is 9.59 Å². The van der Waals surface area contributed by atoms with E-state index in [4.69, 9.17) is 37.1 Å². The molecule has 192 valence electrons. The molecule has 11 heteroatoms. The highest BCUT2D eigenvalue weighted by Crippen LogP contribution is 2.39. The minimum atomic E-state index is -5.04. The third-order valence-electron chi connectivity index (χ3n) is 5.23. The summed E-state index contributed by atoms with van der Waals surface area (Å²) in [5.41, 5.74) is 0.0845. The third kappa shape index (κ3) is 5.84. The molecule has 1 heterocycles. The fraction of sp³-hybridized carbons (Fsp3) is 0.154. The van der Waals surface area contributed by atoms with Gasteiger partial charge in [0.1, 0.15) is 17.1 Å². The lowest BCUT2D eigenvalue weighted by atomic mass is 10.1. The van der Waals surface area contributed by atoms with Crippen LogP contribution in [0.25, 0.3) is 11.0 Å². The van der Waals surface area contributed by atoms with Gasteiger partial charge < -0.3 is 19.2 Å². The summed E-state index contributed by atoms with van der Waals surface area (Å²) in [5, 5.41) is 3.14. The summed E-state index contributed by atoms with van der Waals surface area (Å²) in [6.45, 7) is 2.85. The van der Waals surface area contributed by atoms with Crippen molar-refractivity contribution in [2.45, 2.75) is 20.0 Å². The number of hydrogen-bond acceptors (Lipinski definition) is 5. The summed E-state index contributed by atoms with van der Waals surface area (Å²) in [6.07, 6.45) is -5.04. The summed E-state index contributed by atoms with van der Waals surface area (Å²) in [5.74, 6) is -3.16. The van der Waals surface area contributed by atoms with Gasteiger partial charge in [0.2, 0.25) is 11.2 Å². The molecule has 0 bridgehead atoms. The number of nitrogens with one attached hydrogen (secondary N) is 1. The number of carbonyl (C=O) groups is 1. The Balaban J connectivity index is 1.64. The molecule has 4 rings (SSSR count). The van der Waals surface area contributed by atoms with Crippen LogP contribution < -0.4 is 20.2 Å². The van der Waals surface area contributed by atoms with E-state index >= 15 is 0 Å². The van der Waals surface area contributed by atoms with Crippen LogP contribution in [0.4, 0.5) is 18.9 Å². The van der Waals surface area contributed by atoms with Gasteiger partial charge in [-0.15, -0.1) is 0 Å². The summed E-state index contributed by atoms with van der Waals surface area (Å²) in [6, 6.07) is 13.1. The van der Waals surface area contributed by atoms with Gasteiger partial charge >= 0.3 is 6.18 Å². The summed E-state index contributed by atoms with van der Waals surface area (Å²) in [7, 11) is 0. The van der Waals surface area contributed by atoms with Crippen molar-refractivity contribution in [2.24, 2.45) is 0 Å². The van der Waals surface area contributed by atoms with Crippen molar-refractivity contribution in [3.8, 4) is 17.2 Å². The van der Waals surface area contributed by atoms with Crippen molar-refractivity contribution in [1.29, 1.82) is 0 Å². The number of fused-ring (bicyclic) bond motifs is 1. The molecule has 0 aliphatic heterocycles. The minimum absolute atomic E-state index is 0.000959. The van der Waals surface area contributed by atoms with Crippen molar-refractivity contribution in [2.75, 3.05) is 11.9 Å². The smallest absolute Gasteiger partial charge is 0.453 e. The fourth-order valence-corrected chi connectivity index (χ4v) is 3.80. The van der Waals surface area contributed by atoms with Crippen molar-refractivity contribution < 1.29 is 31.9 Å². The second-order valence-electron chi connectivity index (χ2n) is 8.03. The first-order chi connectivity index (χ1) is 17.4. The van der Waals surface area contributed by atoms with Crippen LogP contribution in [0.3, 0.4) is 0 Å². The number of anilines is 1. The van der Waals surface area contributed by atoms with Gasteiger partial charge in [-0.25, -0.2) is 0 Å². The zero-order valence-corrected chi connectivity index (χ0v) is 20.8. The quantitative estimate of drug-likeness (QED) is 0.267. The van der Waals surface area contributed by atoms with E-state index in [9.17, 15) is 22.8 Å². The monoisotopic (exact) mass is 551 g/mol. The zero-order chi connectivity index (χ0) is 26.9. The second-order valence-corrected chi connectivity index (χ2v) is 8.82. The SMILES string of the molecule is Cc1cc(Oc2c(C(F)(F)F)oc3cc(OCC(=O)Nc4ccccc4Cl)ccc3c2=O)cc(C)c1Cl. The van der Waals surface area contributed by atoms with E-state index in [1.54, 1.807) is 38.1 Å². The number of hydrogen-bond donors (Lipinski definition) is 1. The Morgan fingerprint density at radius 1 is 1.00 bits per heavy atom. The van der Waals surface area contributed by atoms with Crippen LogP contribution in [0.15, 0.2) is 63.8 Å². The molecule has 0 spiro atoms. The van der Waals surface area contributed by atoms with E-state index in [1.807, 2.05) is 0 Å². The molecule has 0 saturated carbocycles. The fourth-order valence-electron chi connectivity index (χ4n) is 3.51. The topological polar surface area (TPSA) is 77.8 Å². The van der Waals surface area contributed by atoms with Crippen molar-refractivity contribution in [3.63, 3.8) is 0 Å². The van der Waals surface area contributed by atoms with Crippen LogP contribution in [-0.4, -0.2) is 12.5 Å². The van der Waals surface area contributed by atoms with E-state index in [1.165, 1.54) is 24.3 Å². The van der Waals surface area contributed by atoms with Crippen LogP contribution in [0, 0.1) is 13.8 Å². The van der Waals surface area contributed by atoms with Gasteiger partial charge in [0.05, 0.1) is 16.1 Å². The van der Waals surface area contributed by atoms with Gasteiger partial charge in [-0.2, -0.15) is 13.2 Å². The number of halogens is 5. The molecule has 3 aromatic carbocycles. The maximum Gasteiger partial charge on any atom is 0.453 e. The standard InChI is InChI=1S/C26H18Cl2F3NO5/c1-13-9-16(10-14(2)22(13)28)36-24-23(34)17-8-7-15(11-20(17)37-25(24)26(29,30)31)35-12-21(33)32-19-6-4-3-5-18(19)27/h3-11H,12H2,1-2H3,(H,32,33). The predicted molar refractivity (Wildman–Crippen MR) is 134 cm³/mol. The normalized spacial score (nSPS) is 11.4. The van der Waals surface area contributed by atoms with Gasteiger partial charge in [0.25, 0.3) is 11.7 Å². The molecule has 1 amide bonds. The van der Waals surface area contributed by atoms with E-state index < -0.39 is 41.2 Å². The first-order valence-corrected chi connectivity index (χ1v) is 11.5. The molecule has 0 fully saturated rings. The lowest BCUT2D eigenvalue weighted by molar-refractivity contribution is -0.154. The first-order valence-electron chi connectivity index (χ1n) is 10.7. The Hall–Kier alpha value is -3.69. The molecule has 0 aliphatic carbocycles. The minimum Gasteiger partial charge on any atom is -0.484 e. The van der Waals surface area contributed by atoms with Gasteiger partial charge in [-0.1, -0.05) is 35.3 Å². The summed E-state index contributed by atoms with van der Waals surface area (Å²) >= 11 is 12.1. The molecule has 0 radical (unpaired) electrons. The first kappa shape index (κ1) is 26.4. The average molecular weight is 552 g/mol. The molecule has 4 aromatic rings. The number of para-hydroxylation sites is 1. The Labute approximate surface area is 218 Å². The zero-order valence-electron chi connectivity index (χ0n) is 19.3. The third-order valence-corrected chi connectivity index (χ3v) is 6.15. The molecule has 6 nitrogen and oxygen atoms in total. The van der Waals surface area contributed by atoms with Gasteiger partial charge in [0.15, 0.2) is 6.61 Å². The lowest BCUT2D eigenvalue weighted by Gasteiger charge is -2.15. The largest absolute Gasteiger partial charge is 0.484 e. The van der Waals surface area contributed by atoms with Gasteiger partial charge in [0, 0.05) is 11.1 Å². The maximum atomic E-state index is 13.8. The molecular weight excluding hydrogens is 534 g/mol. The maximum absolute atomic E-state index is 13.8. The molecule has 0 atom stereocenters. The van der Waals surface area contributed by atoms with Crippen LogP contribution in [-0.2, 0) is 11.0 Å². The Bertz CT molecular complexity index is 1540. The Kier molecular flexibility index (Phi) is 7.38. The molecule has 0 saturated heterocycles. The van der Waals surface area contributed by atoms with Crippen molar-refractivity contribution >= 4 is 45.8 Å². The molecule has 0 aliphatic rings. The molecule has 37 heavy (non-hydrogen) atoms.